The number of hydrogen-bond acceptors (Lipinski definition) is 4. The molecule has 1 N–H and O–H groups in total. The highest BCUT2D eigenvalue weighted by molar-refractivity contribution is 5.70. The van der Waals surface area contributed by atoms with E-state index in [2.05, 4.69) is 53.5 Å². The molecule has 0 aliphatic carbocycles. The highest BCUT2D eigenvalue weighted by atomic mass is 15.3. The molecule has 3 aromatic rings. The van der Waals surface area contributed by atoms with Gasteiger partial charge in [0.1, 0.15) is 5.82 Å². The van der Waals surface area contributed by atoms with E-state index in [0.717, 1.165) is 49.0 Å². The van der Waals surface area contributed by atoms with Gasteiger partial charge in [-0.15, -0.1) is 0 Å². The quantitative estimate of drug-likeness (QED) is 0.739. The Hall–Kier alpha value is -2.88. The summed E-state index contributed by atoms with van der Waals surface area (Å²) in [5.41, 5.74) is 4.64. The van der Waals surface area contributed by atoms with Crippen LogP contribution in [0.3, 0.4) is 0 Å². The van der Waals surface area contributed by atoms with Gasteiger partial charge in [0.25, 0.3) is 0 Å². The Bertz CT molecular complexity index is 861. The molecule has 0 fully saturated rings. The Labute approximate surface area is 148 Å². The first-order valence-electron chi connectivity index (χ1n) is 8.89. The molecule has 0 unspecified atom stereocenters. The molecule has 25 heavy (non-hydrogen) atoms. The van der Waals surface area contributed by atoms with Crippen molar-refractivity contribution in [3.63, 3.8) is 0 Å². The lowest BCUT2D eigenvalue weighted by molar-refractivity contribution is 0.928. The Morgan fingerprint density at radius 3 is 2.64 bits per heavy atom. The molecule has 4 nitrogen and oxygen atoms in total. The van der Waals surface area contributed by atoms with Crippen molar-refractivity contribution in [3.8, 4) is 11.3 Å². The van der Waals surface area contributed by atoms with Crippen molar-refractivity contribution in [1.82, 2.24) is 9.97 Å². The fourth-order valence-electron chi connectivity index (χ4n) is 3.20. The fourth-order valence-corrected chi connectivity index (χ4v) is 3.20. The van der Waals surface area contributed by atoms with Crippen LogP contribution >= 0.6 is 0 Å². The van der Waals surface area contributed by atoms with Crippen LogP contribution in [-0.2, 0) is 6.42 Å². The van der Waals surface area contributed by atoms with E-state index in [1.165, 1.54) is 11.3 Å². The van der Waals surface area contributed by atoms with E-state index in [1.54, 1.807) is 0 Å². The van der Waals surface area contributed by atoms with Crippen molar-refractivity contribution in [1.29, 1.82) is 0 Å². The monoisotopic (exact) mass is 330 g/mol. The van der Waals surface area contributed by atoms with E-state index in [-0.39, 0.29) is 0 Å². The van der Waals surface area contributed by atoms with Crippen LogP contribution in [0.4, 0.5) is 17.5 Å². The molecular weight excluding hydrogens is 308 g/mol. The predicted octanol–water partition coefficient (Wildman–Crippen LogP) is 4.66. The van der Waals surface area contributed by atoms with E-state index in [1.807, 2.05) is 24.3 Å². The average molecular weight is 330 g/mol. The molecular formula is C21H22N4. The van der Waals surface area contributed by atoms with Crippen LogP contribution in [0.15, 0.2) is 60.7 Å². The summed E-state index contributed by atoms with van der Waals surface area (Å²) < 4.78 is 0. The summed E-state index contributed by atoms with van der Waals surface area (Å²) >= 11 is 0. The number of aromatic nitrogens is 2. The zero-order valence-electron chi connectivity index (χ0n) is 14.4. The number of rotatable bonds is 5. The van der Waals surface area contributed by atoms with Gasteiger partial charge in [-0.2, -0.15) is 4.98 Å². The summed E-state index contributed by atoms with van der Waals surface area (Å²) in [6.07, 6.45) is 2.10. The minimum absolute atomic E-state index is 0.768. The normalized spacial score (nSPS) is 12.9. The van der Waals surface area contributed by atoms with Crippen LogP contribution < -0.4 is 10.2 Å². The van der Waals surface area contributed by atoms with Crippen LogP contribution in [-0.4, -0.2) is 23.1 Å². The van der Waals surface area contributed by atoms with E-state index >= 15 is 0 Å². The zero-order valence-corrected chi connectivity index (χ0v) is 14.4. The van der Waals surface area contributed by atoms with Gasteiger partial charge < -0.3 is 10.2 Å². The molecule has 1 aromatic heterocycles. The zero-order chi connectivity index (χ0) is 17.1. The molecule has 1 aliphatic rings. The summed E-state index contributed by atoms with van der Waals surface area (Å²) in [6, 6.07) is 20.8. The topological polar surface area (TPSA) is 41.1 Å². The molecule has 2 aromatic carbocycles. The second kappa shape index (κ2) is 6.93. The fraction of sp³-hybridized carbons (Fsp3) is 0.238. The summed E-state index contributed by atoms with van der Waals surface area (Å²) in [6.45, 7) is 3.98. The van der Waals surface area contributed by atoms with Crippen LogP contribution in [0.1, 0.15) is 18.9 Å². The lowest BCUT2D eigenvalue weighted by atomic mass is 10.1. The molecule has 126 valence electrons. The van der Waals surface area contributed by atoms with E-state index in [9.17, 15) is 0 Å². The molecule has 4 rings (SSSR count). The number of benzene rings is 2. The lowest BCUT2D eigenvalue weighted by Gasteiger charge is -2.19. The van der Waals surface area contributed by atoms with Crippen LogP contribution in [0.2, 0.25) is 0 Å². The van der Waals surface area contributed by atoms with Gasteiger partial charge >= 0.3 is 0 Å². The third-order valence-electron chi connectivity index (χ3n) is 4.47. The van der Waals surface area contributed by atoms with Gasteiger partial charge in [0, 0.05) is 30.4 Å². The lowest BCUT2D eigenvalue weighted by Crippen LogP contribution is -2.17. The number of nitrogens with zero attached hydrogens (tertiary/aromatic N) is 3. The first kappa shape index (κ1) is 15.6. The second-order valence-electron chi connectivity index (χ2n) is 6.26. The summed E-state index contributed by atoms with van der Waals surface area (Å²) in [7, 11) is 0. The number of anilines is 3. The van der Waals surface area contributed by atoms with Gasteiger partial charge in [-0.3, -0.25) is 0 Å². The number of para-hydroxylation sites is 1. The smallest absolute Gasteiger partial charge is 0.232 e. The number of hydrogen-bond donors (Lipinski definition) is 1. The van der Waals surface area contributed by atoms with Gasteiger partial charge in [-0.1, -0.05) is 55.5 Å². The van der Waals surface area contributed by atoms with E-state index in [0.29, 0.717) is 0 Å². The van der Waals surface area contributed by atoms with Crippen molar-refractivity contribution in [2.75, 3.05) is 23.3 Å². The SMILES string of the molecule is CCCNc1cc(-c2ccccc2)nc(N2CCc3ccccc32)n1. The van der Waals surface area contributed by atoms with Crippen LogP contribution in [0, 0.1) is 0 Å². The molecule has 0 bridgehead atoms. The molecule has 4 heteroatoms. The molecule has 2 heterocycles. The molecule has 0 spiro atoms. The highest BCUT2D eigenvalue weighted by Gasteiger charge is 2.22. The van der Waals surface area contributed by atoms with Crippen LogP contribution in [0.5, 0.6) is 0 Å². The van der Waals surface area contributed by atoms with Crippen molar-refractivity contribution in [2.45, 2.75) is 19.8 Å². The molecule has 0 saturated carbocycles. The molecule has 0 amide bonds. The predicted molar refractivity (Wildman–Crippen MR) is 103 cm³/mol. The van der Waals surface area contributed by atoms with Gasteiger partial charge in [-0.05, 0) is 24.5 Å². The number of nitrogens with one attached hydrogen (secondary N) is 1. The third kappa shape index (κ3) is 3.20. The maximum absolute atomic E-state index is 4.87. The minimum atomic E-state index is 0.768. The Kier molecular flexibility index (Phi) is 4.34. The van der Waals surface area contributed by atoms with Gasteiger partial charge in [-0.25, -0.2) is 4.98 Å². The highest BCUT2D eigenvalue weighted by Crippen LogP contribution is 2.34. The Morgan fingerprint density at radius 1 is 1.00 bits per heavy atom. The Balaban J connectivity index is 1.77. The van der Waals surface area contributed by atoms with Crippen molar-refractivity contribution in [3.05, 3.63) is 66.2 Å². The Morgan fingerprint density at radius 2 is 1.80 bits per heavy atom. The summed E-state index contributed by atoms with van der Waals surface area (Å²) in [5, 5.41) is 3.41. The van der Waals surface area contributed by atoms with Gasteiger partial charge in [0.05, 0.1) is 5.69 Å². The summed E-state index contributed by atoms with van der Waals surface area (Å²) in [4.78, 5) is 11.9. The van der Waals surface area contributed by atoms with E-state index in [4.69, 9.17) is 9.97 Å². The van der Waals surface area contributed by atoms with Gasteiger partial charge in [0.15, 0.2) is 0 Å². The first-order chi connectivity index (χ1) is 12.3. The first-order valence-corrected chi connectivity index (χ1v) is 8.89. The molecule has 0 saturated heterocycles. The molecule has 0 atom stereocenters. The maximum atomic E-state index is 4.87. The third-order valence-corrected chi connectivity index (χ3v) is 4.47. The van der Waals surface area contributed by atoms with E-state index < -0.39 is 0 Å². The molecule has 1 aliphatic heterocycles. The largest absolute Gasteiger partial charge is 0.370 e. The second-order valence-corrected chi connectivity index (χ2v) is 6.26. The van der Waals surface area contributed by atoms with Crippen molar-refractivity contribution >= 4 is 17.5 Å². The minimum Gasteiger partial charge on any atom is -0.370 e. The van der Waals surface area contributed by atoms with Crippen LogP contribution in [0.25, 0.3) is 11.3 Å². The molecule has 0 radical (unpaired) electrons. The van der Waals surface area contributed by atoms with Crippen molar-refractivity contribution < 1.29 is 0 Å². The summed E-state index contributed by atoms with van der Waals surface area (Å²) in [5.74, 6) is 1.65. The van der Waals surface area contributed by atoms with Crippen molar-refractivity contribution in [2.24, 2.45) is 0 Å². The average Bonchev–Trinajstić information content (AvgIpc) is 3.11. The maximum Gasteiger partial charge on any atom is 0.232 e. The standard InChI is InChI=1S/C21H22N4/c1-2-13-22-20-15-18(16-8-4-3-5-9-16)23-21(24-20)25-14-12-17-10-6-7-11-19(17)25/h3-11,15H,2,12-14H2,1H3,(H,22,23,24). The number of fused-ring (bicyclic) bond motifs is 1. The van der Waals surface area contributed by atoms with Gasteiger partial charge in [0.2, 0.25) is 5.95 Å².